The van der Waals surface area contributed by atoms with Crippen molar-refractivity contribution in [2.45, 2.75) is 130 Å². The molecule has 4 bridgehead atoms. The molecule has 12 unspecified atom stereocenters. The molecular weight excluding hydrogens is 824 g/mol. The van der Waals surface area contributed by atoms with E-state index in [0.29, 0.717) is 42.1 Å². The molecule has 0 N–H and O–H groups in total. The summed E-state index contributed by atoms with van der Waals surface area (Å²) in [6.45, 7) is 24.4. The first-order chi connectivity index (χ1) is 28.7. The Kier molecular flexibility index (Phi) is 18.2. The second-order valence-corrected chi connectivity index (χ2v) is 16.5. The molecule has 5 saturated heterocycles. The summed E-state index contributed by atoms with van der Waals surface area (Å²) in [7, 11) is 0. The molecule has 17 heteroatoms. The van der Waals surface area contributed by atoms with Crippen molar-refractivity contribution in [3.8, 4) is 0 Å². The molecule has 3 saturated carbocycles. The highest BCUT2D eigenvalue weighted by molar-refractivity contribution is 5.92. The quantitative estimate of drug-likeness (QED) is 0.161. The van der Waals surface area contributed by atoms with E-state index in [1.807, 2.05) is 0 Å². The Balaban J connectivity index is 0.000000227. The maximum atomic E-state index is 11.7. The first-order valence-electron chi connectivity index (χ1n) is 20.2. The monoisotopic (exact) mass is 886 g/mol. The fourth-order valence-corrected chi connectivity index (χ4v) is 8.51. The highest BCUT2D eigenvalue weighted by atomic mass is 16.6. The zero-order chi connectivity index (χ0) is 44.9. The summed E-state index contributed by atoms with van der Waals surface area (Å²) in [5.74, 6) is -1.26. The molecule has 5 aliphatic heterocycles. The van der Waals surface area contributed by atoms with Gasteiger partial charge in [0.15, 0.2) is 18.5 Å². The van der Waals surface area contributed by atoms with E-state index in [9.17, 15) is 38.4 Å². The van der Waals surface area contributed by atoms with Crippen molar-refractivity contribution in [2.24, 2.45) is 29.6 Å². The van der Waals surface area contributed by atoms with Crippen molar-refractivity contribution < 1.29 is 81.0 Å². The van der Waals surface area contributed by atoms with Crippen LogP contribution in [0.15, 0.2) is 60.9 Å². The van der Waals surface area contributed by atoms with Crippen LogP contribution in [0.2, 0.25) is 0 Å². The molecule has 5 heterocycles. The third-order valence-corrected chi connectivity index (χ3v) is 11.5. The van der Waals surface area contributed by atoms with Crippen molar-refractivity contribution in [1.29, 1.82) is 0 Å². The highest BCUT2D eigenvalue weighted by Gasteiger charge is 2.63. The number of esters is 7. The zero-order valence-electron chi connectivity index (χ0n) is 35.0. The van der Waals surface area contributed by atoms with E-state index in [1.54, 1.807) is 20.8 Å². The number of fused-ring (bicyclic) bond motifs is 6. The lowest BCUT2D eigenvalue weighted by Gasteiger charge is -2.26. The van der Waals surface area contributed by atoms with Gasteiger partial charge in [0.05, 0.1) is 36.7 Å². The largest absolute Gasteiger partial charge is 0.498 e. The smallest absolute Gasteiger partial charge is 0.344 e. The second-order valence-electron chi connectivity index (χ2n) is 16.5. The predicted molar refractivity (Wildman–Crippen MR) is 223 cm³/mol. The molecule has 0 amide bonds. The van der Waals surface area contributed by atoms with Gasteiger partial charge in [-0.1, -0.05) is 47.7 Å². The van der Waals surface area contributed by atoms with Gasteiger partial charge >= 0.3 is 41.8 Å². The average molecular weight is 887 g/mol. The molecule has 17 nitrogen and oxygen atoms in total. The van der Waals surface area contributed by atoms with Crippen LogP contribution in [0.4, 0.5) is 0 Å². The SMILES string of the molecule is C.C.C=C(C)C(=O)OC1CC2OC1C1C(=C)OCC21.C=C(C)C(=O)OC1CCCC1=O.C=C(C)C(=O)OC1COC(=O)C1.C=C(C)C(=O)OCC(=O)OC1C2CC3C(=O)OC1C3C2. The van der Waals surface area contributed by atoms with Crippen molar-refractivity contribution in [3.05, 3.63) is 60.9 Å². The van der Waals surface area contributed by atoms with Gasteiger partial charge in [-0.05, 0) is 53.4 Å². The molecule has 8 aliphatic rings. The Bertz CT molecular complexity index is 1880. The predicted octanol–water partition coefficient (Wildman–Crippen LogP) is 4.94. The van der Waals surface area contributed by atoms with E-state index in [2.05, 4.69) is 37.6 Å². The summed E-state index contributed by atoms with van der Waals surface area (Å²) >= 11 is 0. The van der Waals surface area contributed by atoms with E-state index >= 15 is 0 Å². The zero-order valence-corrected chi connectivity index (χ0v) is 35.0. The van der Waals surface area contributed by atoms with E-state index in [0.717, 1.165) is 31.4 Å². The van der Waals surface area contributed by atoms with Gasteiger partial charge in [-0.25, -0.2) is 24.0 Å². The minimum atomic E-state index is -0.623. The van der Waals surface area contributed by atoms with Gasteiger partial charge in [-0.15, -0.1) is 0 Å². The van der Waals surface area contributed by atoms with Crippen LogP contribution in [0.25, 0.3) is 0 Å². The van der Waals surface area contributed by atoms with Crippen molar-refractivity contribution in [2.75, 3.05) is 19.8 Å². The fourth-order valence-electron chi connectivity index (χ4n) is 8.51. The second kappa shape index (κ2) is 22.2. The molecule has 3 aliphatic carbocycles. The minimum Gasteiger partial charge on any atom is -0.498 e. The first-order valence-corrected chi connectivity index (χ1v) is 20.2. The van der Waals surface area contributed by atoms with Crippen LogP contribution in [-0.4, -0.2) is 110 Å². The van der Waals surface area contributed by atoms with Crippen LogP contribution < -0.4 is 0 Å². The molecule has 12 atom stereocenters. The number of ketones is 1. The molecule has 0 aromatic heterocycles. The summed E-state index contributed by atoms with van der Waals surface area (Å²) in [4.78, 5) is 89.4. The van der Waals surface area contributed by atoms with Crippen LogP contribution in [-0.2, 0) is 81.0 Å². The Morgan fingerprint density at radius 2 is 1.33 bits per heavy atom. The Hall–Kier alpha value is -5.58. The first kappa shape index (κ1) is 51.8. The van der Waals surface area contributed by atoms with Crippen LogP contribution >= 0.6 is 0 Å². The van der Waals surface area contributed by atoms with Crippen molar-refractivity contribution >= 4 is 47.6 Å². The number of hydrogen-bond acceptors (Lipinski definition) is 17. The molecular formula is C46H62O17. The highest BCUT2D eigenvalue weighted by Crippen LogP contribution is 2.55. The third kappa shape index (κ3) is 12.5. The number of carbonyl (C=O) groups is 8. The van der Waals surface area contributed by atoms with Gasteiger partial charge in [0, 0.05) is 52.9 Å². The van der Waals surface area contributed by atoms with Crippen LogP contribution in [0.1, 0.15) is 87.5 Å². The molecule has 0 aromatic rings. The number of Topliss-reactive ketones (excluding diaryl/α,β-unsaturated/α-hetero) is 1. The number of ether oxygens (including phenoxy) is 9. The molecule has 0 radical (unpaired) electrons. The molecule has 63 heavy (non-hydrogen) atoms. The summed E-state index contributed by atoms with van der Waals surface area (Å²) in [6, 6.07) is 0. The lowest BCUT2D eigenvalue weighted by Crippen LogP contribution is -2.38. The number of hydrogen-bond donors (Lipinski definition) is 0. The molecule has 0 spiro atoms. The van der Waals surface area contributed by atoms with Gasteiger partial charge in [0.25, 0.3) is 0 Å². The van der Waals surface area contributed by atoms with Gasteiger partial charge in [0.1, 0.15) is 37.1 Å². The standard InChI is InChI=1S/C14H16O6.C13H16O4.C9H12O3.C8H10O4.2CH4/c1-6(2)13(16)18-5-10(15)19-11-7-3-8-9(4-7)14(17)20-12(8)11;1-6(2)13(14)17-10-4-9-8-5-15-7(3)11(8)12(10)16-9;1-6(2)9(11)12-8-5-3-4-7(8)10;1-5(2)8(10)12-6-3-7(9)11-4-6;;/h7-9,11-12H,1,3-5H2,2H3;8-12H,1,3-5H2,2H3;8H,1,3-5H2,2H3;6H,1,3-4H2,2H3;2*1H4. The molecule has 8 rings (SSSR count). The summed E-state index contributed by atoms with van der Waals surface area (Å²) < 4.78 is 46.4. The van der Waals surface area contributed by atoms with Crippen LogP contribution in [0.5, 0.6) is 0 Å². The molecule has 348 valence electrons. The Labute approximate surface area is 368 Å². The Morgan fingerprint density at radius 3 is 1.90 bits per heavy atom. The van der Waals surface area contributed by atoms with Gasteiger partial charge in [-0.2, -0.15) is 0 Å². The van der Waals surface area contributed by atoms with E-state index in [1.165, 1.54) is 6.92 Å². The van der Waals surface area contributed by atoms with Crippen molar-refractivity contribution in [3.63, 3.8) is 0 Å². The fraction of sp³-hybridized carbons (Fsp3) is 0.609. The van der Waals surface area contributed by atoms with Gasteiger partial charge < -0.3 is 42.6 Å². The minimum absolute atomic E-state index is 0. The van der Waals surface area contributed by atoms with E-state index < -0.39 is 48.8 Å². The lowest BCUT2D eigenvalue weighted by molar-refractivity contribution is -0.168. The topological polar surface area (TPSA) is 220 Å². The average Bonchev–Trinajstić information content (AvgIpc) is 4.07. The van der Waals surface area contributed by atoms with Gasteiger partial charge in [0.2, 0.25) is 0 Å². The summed E-state index contributed by atoms with van der Waals surface area (Å²) in [5, 5.41) is 0. The van der Waals surface area contributed by atoms with Crippen LogP contribution in [0.3, 0.4) is 0 Å². The van der Waals surface area contributed by atoms with Gasteiger partial charge in [-0.3, -0.25) is 14.4 Å². The molecule has 0 aromatic carbocycles. The number of cyclic esters (lactones) is 1. The number of rotatable bonds is 10. The maximum Gasteiger partial charge on any atom is 0.344 e. The lowest BCUT2D eigenvalue weighted by atomic mass is 9.79. The normalized spacial score (nSPS) is 31.4. The summed E-state index contributed by atoms with van der Waals surface area (Å²) in [5.41, 5.74) is 1.32. The Morgan fingerprint density at radius 1 is 0.714 bits per heavy atom. The van der Waals surface area contributed by atoms with E-state index in [4.69, 9.17) is 37.9 Å². The number of carbonyl (C=O) groups excluding carboxylic acids is 8. The van der Waals surface area contributed by atoms with E-state index in [-0.39, 0.29) is 105 Å². The maximum absolute atomic E-state index is 11.7. The summed E-state index contributed by atoms with van der Waals surface area (Å²) in [6.07, 6.45) is 2.79. The van der Waals surface area contributed by atoms with Crippen molar-refractivity contribution in [1.82, 2.24) is 0 Å². The van der Waals surface area contributed by atoms with Crippen LogP contribution in [0, 0.1) is 29.6 Å². The molecule has 8 fully saturated rings. The third-order valence-electron chi connectivity index (χ3n) is 11.5.